The van der Waals surface area contributed by atoms with Gasteiger partial charge in [0.1, 0.15) is 5.75 Å². The zero-order valence-electron chi connectivity index (χ0n) is 12.1. The van der Waals surface area contributed by atoms with Gasteiger partial charge in [-0.15, -0.1) is 13.2 Å². The largest absolute Gasteiger partial charge is 0.573 e. The fourth-order valence-corrected chi connectivity index (χ4v) is 2.51. The third-order valence-electron chi connectivity index (χ3n) is 3.54. The van der Waals surface area contributed by atoms with Gasteiger partial charge in [0.05, 0.1) is 5.69 Å². The van der Waals surface area contributed by atoms with Crippen LogP contribution in [0.2, 0.25) is 0 Å². The zero-order chi connectivity index (χ0) is 16.6. The maximum Gasteiger partial charge on any atom is 0.573 e. The lowest BCUT2D eigenvalue weighted by molar-refractivity contribution is -0.274. The molecule has 0 radical (unpaired) electrons. The Kier molecular flexibility index (Phi) is 3.60. The molecule has 0 saturated carbocycles. The molecule has 0 aromatic heterocycles. The van der Waals surface area contributed by atoms with Gasteiger partial charge in [0, 0.05) is 23.7 Å². The summed E-state index contributed by atoms with van der Waals surface area (Å²) in [5, 5.41) is 0. The first-order valence-electron chi connectivity index (χ1n) is 6.81. The second-order valence-corrected chi connectivity index (χ2v) is 5.02. The van der Waals surface area contributed by atoms with Crippen molar-refractivity contribution in [3.05, 3.63) is 59.7 Å². The van der Waals surface area contributed by atoms with Crippen molar-refractivity contribution in [2.24, 2.45) is 0 Å². The molecule has 0 atom stereocenters. The van der Waals surface area contributed by atoms with E-state index >= 15 is 0 Å². The number of alkyl halides is 3. The molecule has 3 rings (SSSR count). The van der Waals surface area contributed by atoms with E-state index in [0.717, 1.165) is 5.69 Å². The number of fused-ring (bicyclic) bond motifs is 1. The smallest absolute Gasteiger partial charge is 0.405 e. The number of carbonyl (C=O) groups is 1. The van der Waals surface area contributed by atoms with Gasteiger partial charge in [-0.25, -0.2) is 0 Å². The molecule has 0 fully saturated rings. The van der Waals surface area contributed by atoms with Gasteiger partial charge in [0.25, 0.3) is 5.91 Å². The highest BCUT2D eigenvalue weighted by atomic mass is 19.4. The van der Waals surface area contributed by atoms with Gasteiger partial charge < -0.3 is 9.64 Å². The maximum atomic E-state index is 12.5. The summed E-state index contributed by atoms with van der Waals surface area (Å²) in [4.78, 5) is 13.8. The predicted octanol–water partition coefficient (Wildman–Crippen LogP) is 4.10. The Morgan fingerprint density at radius 2 is 1.70 bits per heavy atom. The number of carbonyl (C=O) groups excluding carboxylic acids is 1. The molecule has 3 nitrogen and oxygen atoms in total. The van der Waals surface area contributed by atoms with Crippen molar-refractivity contribution in [1.82, 2.24) is 0 Å². The van der Waals surface area contributed by atoms with E-state index < -0.39 is 6.36 Å². The molecule has 0 N–H and O–H groups in total. The highest BCUT2D eigenvalue weighted by Gasteiger charge is 2.33. The van der Waals surface area contributed by atoms with Crippen LogP contribution in [-0.4, -0.2) is 19.3 Å². The molecule has 118 valence electrons. The minimum Gasteiger partial charge on any atom is -0.405 e. The Morgan fingerprint density at radius 3 is 2.43 bits per heavy atom. The number of hydrogen-bond donors (Lipinski definition) is 0. The monoisotopic (exact) mass is 319 g/mol. The first-order valence-corrected chi connectivity index (χ1v) is 6.81. The van der Waals surface area contributed by atoms with E-state index in [-0.39, 0.29) is 17.2 Å². The number of para-hydroxylation sites is 2. The number of amides is 1. The van der Waals surface area contributed by atoms with E-state index in [1.54, 1.807) is 37.4 Å². The van der Waals surface area contributed by atoms with E-state index in [9.17, 15) is 18.0 Å². The number of anilines is 1. The van der Waals surface area contributed by atoms with Gasteiger partial charge in [-0.05, 0) is 18.2 Å². The molecular formula is C17H12F3NO2. The number of halogens is 3. The first kappa shape index (κ1) is 15.1. The number of rotatable bonds is 2. The fourth-order valence-electron chi connectivity index (χ4n) is 2.51. The van der Waals surface area contributed by atoms with E-state index in [1.807, 2.05) is 0 Å². The Bertz CT molecular complexity index is 796. The molecule has 1 aliphatic heterocycles. The van der Waals surface area contributed by atoms with Crippen LogP contribution in [0.25, 0.3) is 11.6 Å². The van der Waals surface area contributed by atoms with Crippen LogP contribution in [0, 0.1) is 0 Å². The Labute approximate surface area is 130 Å². The number of ether oxygens (including phenoxy) is 1. The predicted molar refractivity (Wildman–Crippen MR) is 80.8 cm³/mol. The maximum absolute atomic E-state index is 12.5. The van der Waals surface area contributed by atoms with E-state index in [4.69, 9.17) is 0 Å². The van der Waals surface area contributed by atoms with Crippen LogP contribution in [0.3, 0.4) is 0 Å². The van der Waals surface area contributed by atoms with Crippen LogP contribution in [-0.2, 0) is 4.79 Å². The van der Waals surface area contributed by atoms with Gasteiger partial charge in [0.2, 0.25) is 0 Å². The summed E-state index contributed by atoms with van der Waals surface area (Å²) in [6.45, 7) is 0. The van der Waals surface area contributed by atoms with Crippen LogP contribution in [0.15, 0.2) is 48.5 Å². The van der Waals surface area contributed by atoms with Crippen molar-refractivity contribution in [3.8, 4) is 5.75 Å². The lowest BCUT2D eigenvalue weighted by atomic mass is 10.0. The van der Waals surface area contributed by atoms with Crippen molar-refractivity contribution in [2.75, 3.05) is 11.9 Å². The van der Waals surface area contributed by atoms with Crippen LogP contribution >= 0.6 is 0 Å². The van der Waals surface area contributed by atoms with Gasteiger partial charge >= 0.3 is 6.36 Å². The summed E-state index contributed by atoms with van der Waals surface area (Å²) in [5.74, 6) is -0.611. The zero-order valence-corrected chi connectivity index (χ0v) is 12.1. The molecule has 1 amide bonds. The topological polar surface area (TPSA) is 29.5 Å². The molecule has 0 bridgehead atoms. The summed E-state index contributed by atoms with van der Waals surface area (Å²) in [6, 6.07) is 12.8. The van der Waals surface area contributed by atoms with Crippen molar-refractivity contribution < 1.29 is 22.7 Å². The van der Waals surface area contributed by atoms with Crippen molar-refractivity contribution >= 4 is 23.2 Å². The molecule has 6 heteroatoms. The lowest BCUT2D eigenvalue weighted by Crippen LogP contribution is -2.20. The second-order valence-electron chi connectivity index (χ2n) is 5.02. The molecule has 1 aliphatic rings. The third kappa shape index (κ3) is 2.92. The number of hydrogen-bond acceptors (Lipinski definition) is 2. The minimum absolute atomic E-state index is 0.193. The molecule has 0 saturated heterocycles. The summed E-state index contributed by atoms with van der Waals surface area (Å²) < 4.78 is 41.5. The van der Waals surface area contributed by atoms with Crippen molar-refractivity contribution in [3.63, 3.8) is 0 Å². The molecule has 0 aliphatic carbocycles. The number of nitrogens with zero attached hydrogens (tertiary/aromatic N) is 1. The Hall–Kier alpha value is -2.76. The molecule has 2 aromatic carbocycles. The molecule has 1 heterocycles. The average Bonchev–Trinajstić information content (AvgIpc) is 2.73. The quantitative estimate of drug-likeness (QED) is 0.780. The van der Waals surface area contributed by atoms with Gasteiger partial charge in [0.15, 0.2) is 0 Å². The number of likely N-dealkylation sites (N-methyl/N-ethyl adjacent to an activating group) is 1. The fraction of sp³-hybridized carbons (Fsp3) is 0.118. The average molecular weight is 319 g/mol. The van der Waals surface area contributed by atoms with E-state index in [0.29, 0.717) is 11.1 Å². The normalized spacial score (nSPS) is 15.9. The van der Waals surface area contributed by atoms with Crippen LogP contribution in [0.1, 0.15) is 11.1 Å². The second kappa shape index (κ2) is 5.46. The molecule has 0 spiro atoms. The molecular weight excluding hydrogens is 307 g/mol. The highest BCUT2D eigenvalue weighted by Crippen LogP contribution is 2.38. The Morgan fingerprint density at radius 1 is 1.04 bits per heavy atom. The molecule has 2 aromatic rings. The van der Waals surface area contributed by atoms with E-state index in [2.05, 4.69) is 4.74 Å². The molecule has 0 unspecified atom stereocenters. The van der Waals surface area contributed by atoms with Crippen LogP contribution in [0.5, 0.6) is 5.75 Å². The summed E-state index contributed by atoms with van der Waals surface area (Å²) in [5.41, 5.74) is 1.93. The summed E-state index contributed by atoms with van der Waals surface area (Å²) in [6.07, 6.45) is -3.37. The first-order chi connectivity index (χ1) is 10.9. The van der Waals surface area contributed by atoms with E-state index in [1.165, 1.54) is 29.2 Å². The lowest BCUT2D eigenvalue weighted by Gasteiger charge is -2.11. The standard InChI is InChI=1S/C17H12F3NO2/c1-21-14-8-4-3-7-12(14)13(16(21)22)10-11-6-2-5-9-15(11)23-17(18,19)20/h2-10H,1H3/b13-10+. The van der Waals surface area contributed by atoms with Gasteiger partial charge in [-0.3, -0.25) is 4.79 Å². The van der Waals surface area contributed by atoms with Crippen molar-refractivity contribution in [1.29, 1.82) is 0 Å². The summed E-state index contributed by atoms with van der Waals surface area (Å²) in [7, 11) is 1.63. The third-order valence-corrected chi connectivity index (χ3v) is 3.54. The van der Waals surface area contributed by atoms with Gasteiger partial charge in [-0.2, -0.15) is 0 Å². The van der Waals surface area contributed by atoms with Crippen molar-refractivity contribution in [2.45, 2.75) is 6.36 Å². The van der Waals surface area contributed by atoms with Crippen LogP contribution in [0.4, 0.5) is 18.9 Å². The number of benzene rings is 2. The molecule has 23 heavy (non-hydrogen) atoms. The Balaban J connectivity index is 2.08. The van der Waals surface area contributed by atoms with Gasteiger partial charge in [-0.1, -0.05) is 36.4 Å². The SMILES string of the molecule is CN1C(=O)/C(=C/c2ccccc2OC(F)(F)F)c2ccccc21. The highest BCUT2D eigenvalue weighted by molar-refractivity contribution is 6.35. The minimum atomic E-state index is -4.79. The van der Waals surface area contributed by atoms with Crippen LogP contribution < -0.4 is 9.64 Å². The summed E-state index contributed by atoms with van der Waals surface area (Å²) >= 11 is 0.